The van der Waals surface area contributed by atoms with Crippen LogP contribution in [0.2, 0.25) is 0 Å². The van der Waals surface area contributed by atoms with Gasteiger partial charge in [-0.3, -0.25) is 4.98 Å². The van der Waals surface area contributed by atoms with Crippen LogP contribution >= 0.6 is 0 Å². The summed E-state index contributed by atoms with van der Waals surface area (Å²) in [5, 5.41) is 0. The minimum atomic E-state index is 0.962. The molecule has 1 aliphatic rings. The second kappa shape index (κ2) is 4.94. The third-order valence-electron chi connectivity index (χ3n) is 3.08. The van der Waals surface area contributed by atoms with Gasteiger partial charge in [0.2, 0.25) is 0 Å². The fourth-order valence-electron chi connectivity index (χ4n) is 2.08. The monoisotopic (exact) mass is 246 g/mol. The molecule has 0 N–H and O–H groups in total. The highest BCUT2D eigenvalue weighted by molar-refractivity contribution is 5.80. The lowest BCUT2D eigenvalue weighted by molar-refractivity contribution is 1.20. The fourth-order valence-corrected chi connectivity index (χ4v) is 2.08. The zero-order valence-electron chi connectivity index (χ0n) is 10.5. The molecule has 0 saturated heterocycles. The van der Waals surface area contributed by atoms with E-state index >= 15 is 0 Å². The highest BCUT2D eigenvalue weighted by Crippen LogP contribution is 2.27. The first kappa shape index (κ1) is 11.5. The maximum absolute atomic E-state index is 4.08. The SMILES string of the molecule is C=C1C=CC(c2ccncc2)=CN1c1ccccc1. The lowest BCUT2D eigenvalue weighted by Crippen LogP contribution is -2.16. The number of aromatic nitrogens is 1. The third kappa shape index (κ3) is 2.33. The standard InChI is InChI=1S/C17H14N2/c1-14-7-8-16(15-9-11-18-12-10-15)13-19(14)17-5-3-2-4-6-17/h2-13H,1H2. The molecule has 0 atom stereocenters. The van der Waals surface area contributed by atoms with Crippen molar-refractivity contribution < 1.29 is 0 Å². The lowest BCUT2D eigenvalue weighted by Gasteiger charge is -2.25. The zero-order valence-corrected chi connectivity index (χ0v) is 10.5. The first-order valence-electron chi connectivity index (χ1n) is 6.18. The van der Waals surface area contributed by atoms with Crippen molar-refractivity contribution in [2.45, 2.75) is 0 Å². The van der Waals surface area contributed by atoms with Crippen LogP contribution in [0.25, 0.3) is 5.57 Å². The molecule has 0 unspecified atom stereocenters. The molecule has 0 amide bonds. The Balaban J connectivity index is 2.00. The minimum absolute atomic E-state index is 0.962. The van der Waals surface area contributed by atoms with Gasteiger partial charge in [-0.2, -0.15) is 0 Å². The van der Waals surface area contributed by atoms with Crippen LogP contribution < -0.4 is 4.90 Å². The Morgan fingerprint density at radius 2 is 1.63 bits per heavy atom. The summed E-state index contributed by atoms with van der Waals surface area (Å²) in [5.41, 5.74) is 4.38. The van der Waals surface area contributed by atoms with E-state index in [-0.39, 0.29) is 0 Å². The Morgan fingerprint density at radius 1 is 0.895 bits per heavy atom. The number of rotatable bonds is 2. The molecule has 2 aromatic rings. The van der Waals surface area contributed by atoms with Crippen LogP contribution in [0, 0.1) is 0 Å². The van der Waals surface area contributed by atoms with Gasteiger partial charge in [0.25, 0.3) is 0 Å². The van der Waals surface area contributed by atoms with Gasteiger partial charge in [-0.1, -0.05) is 30.9 Å². The Hall–Kier alpha value is -2.61. The largest absolute Gasteiger partial charge is 0.317 e. The summed E-state index contributed by atoms with van der Waals surface area (Å²) in [6.07, 6.45) is 9.83. The Bertz CT molecular complexity index is 639. The van der Waals surface area contributed by atoms with Crippen molar-refractivity contribution in [3.63, 3.8) is 0 Å². The molecule has 2 nitrogen and oxygen atoms in total. The molecule has 1 aromatic carbocycles. The molecule has 0 spiro atoms. The van der Waals surface area contributed by atoms with Crippen LogP contribution in [0.4, 0.5) is 5.69 Å². The van der Waals surface area contributed by atoms with E-state index in [9.17, 15) is 0 Å². The van der Waals surface area contributed by atoms with Crippen LogP contribution in [-0.2, 0) is 0 Å². The minimum Gasteiger partial charge on any atom is -0.317 e. The summed E-state index contributed by atoms with van der Waals surface area (Å²) >= 11 is 0. The number of hydrogen-bond acceptors (Lipinski definition) is 2. The smallest absolute Gasteiger partial charge is 0.0455 e. The van der Waals surface area contributed by atoms with Crippen molar-refractivity contribution in [2.75, 3.05) is 4.90 Å². The highest BCUT2D eigenvalue weighted by Gasteiger charge is 2.11. The molecular formula is C17H14N2. The third-order valence-corrected chi connectivity index (χ3v) is 3.08. The first-order valence-corrected chi connectivity index (χ1v) is 6.18. The van der Waals surface area contributed by atoms with E-state index in [0.717, 1.165) is 22.5 Å². The predicted molar refractivity (Wildman–Crippen MR) is 79.4 cm³/mol. The Labute approximate surface area is 113 Å². The van der Waals surface area contributed by atoms with Crippen LogP contribution in [0.3, 0.4) is 0 Å². The van der Waals surface area contributed by atoms with Gasteiger partial charge in [0.15, 0.2) is 0 Å². The first-order chi connectivity index (χ1) is 9.34. The van der Waals surface area contributed by atoms with E-state index in [1.807, 2.05) is 36.4 Å². The van der Waals surface area contributed by atoms with Crippen molar-refractivity contribution in [2.24, 2.45) is 0 Å². The number of allylic oxidation sites excluding steroid dienone is 3. The van der Waals surface area contributed by atoms with E-state index < -0.39 is 0 Å². The fraction of sp³-hybridized carbons (Fsp3) is 0. The lowest BCUT2D eigenvalue weighted by atomic mass is 10.0. The van der Waals surface area contributed by atoms with E-state index in [4.69, 9.17) is 0 Å². The summed E-state index contributed by atoms with van der Waals surface area (Å²) in [7, 11) is 0. The van der Waals surface area contributed by atoms with Gasteiger partial charge in [-0.05, 0) is 41.5 Å². The Kier molecular flexibility index (Phi) is 2.99. The zero-order chi connectivity index (χ0) is 13.1. The maximum Gasteiger partial charge on any atom is 0.0455 e. The molecule has 0 saturated carbocycles. The molecule has 3 rings (SSSR count). The van der Waals surface area contributed by atoms with Gasteiger partial charge in [-0.15, -0.1) is 0 Å². The van der Waals surface area contributed by atoms with Crippen molar-refractivity contribution in [1.29, 1.82) is 0 Å². The number of hydrogen-bond donors (Lipinski definition) is 0. The molecule has 1 aromatic heterocycles. The van der Waals surface area contributed by atoms with E-state index in [1.54, 1.807) is 12.4 Å². The van der Waals surface area contributed by atoms with E-state index in [0.29, 0.717) is 0 Å². The van der Waals surface area contributed by atoms with Crippen LogP contribution in [-0.4, -0.2) is 4.98 Å². The van der Waals surface area contributed by atoms with E-state index in [1.165, 1.54) is 0 Å². The van der Waals surface area contributed by atoms with Crippen LogP contribution in [0.1, 0.15) is 5.56 Å². The van der Waals surface area contributed by atoms with Gasteiger partial charge in [-0.25, -0.2) is 0 Å². The van der Waals surface area contributed by atoms with Gasteiger partial charge in [0, 0.05) is 30.0 Å². The molecule has 2 heteroatoms. The Morgan fingerprint density at radius 3 is 2.37 bits per heavy atom. The normalized spacial score (nSPS) is 14.4. The molecule has 0 aliphatic carbocycles. The molecular weight excluding hydrogens is 232 g/mol. The number of pyridine rings is 1. The van der Waals surface area contributed by atoms with Crippen molar-refractivity contribution in [3.8, 4) is 0 Å². The quantitative estimate of drug-likeness (QED) is 0.795. The number of benzene rings is 1. The molecule has 0 fully saturated rings. The van der Waals surface area contributed by atoms with Crippen molar-refractivity contribution in [3.05, 3.63) is 91.0 Å². The number of anilines is 1. The van der Waals surface area contributed by atoms with Crippen LogP contribution in [0.15, 0.2) is 85.5 Å². The summed E-state index contributed by atoms with van der Waals surface area (Å²) < 4.78 is 0. The molecule has 0 radical (unpaired) electrons. The molecule has 19 heavy (non-hydrogen) atoms. The van der Waals surface area contributed by atoms with E-state index in [2.05, 4.69) is 40.9 Å². The summed E-state index contributed by atoms with van der Waals surface area (Å²) in [5.74, 6) is 0. The number of nitrogens with zero attached hydrogens (tertiary/aromatic N) is 2. The molecule has 1 aliphatic heterocycles. The van der Waals surface area contributed by atoms with Crippen molar-refractivity contribution in [1.82, 2.24) is 4.98 Å². The molecule has 92 valence electrons. The predicted octanol–water partition coefficient (Wildman–Crippen LogP) is 4.01. The number of para-hydroxylation sites is 1. The van der Waals surface area contributed by atoms with Crippen molar-refractivity contribution >= 4 is 11.3 Å². The summed E-state index contributed by atoms with van der Waals surface area (Å²) in [4.78, 5) is 6.14. The summed E-state index contributed by atoms with van der Waals surface area (Å²) in [6.45, 7) is 4.08. The van der Waals surface area contributed by atoms with Gasteiger partial charge >= 0.3 is 0 Å². The summed E-state index contributed by atoms with van der Waals surface area (Å²) in [6, 6.07) is 14.2. The molecule has 2 heterocycles. The van der Waals surface area contributed by atoms with Gasteiger partial charge < -0.3 is 4.90 Å². The van der Waals surface area contributed by atoms with Gasteiger partial charge in [0.05, 0.1) is 0 Å². The second-order valence-corrected chi connectivity index (χ2v) is 4.35. The average molecular weight is 246 g/mol. The molecule has 0 bridgehead atoms. The van der Waals surface area contributed by atoms with Gasteiger partial charge in [0.1, 0.15) is 0 Å². The topological polar surface area (TPSA) is 16.1 Å². The average Bonchev–Trinajstić information content (AvgIpc) is 2.49. The second-order valence-electron chi connectivity index (χ2n) is 4.35. The van der Waals surface area contributed by atoms with Crippen LogP contribution in [0.5, 0.6) is 0 Å². The highest BCUT2D eigenvalue weighted by atomic mass is 15.1. The maximum atomic E-state index is 4.08.